The molecule has 1 heterocycles. The molecule has 2 N–H and O–H groups in total. The van der Waals surface area contributed by atoms with Gasteiger partial charge < -0.3 is 9.72 Å². The van der Waals surface area contributed by atoms with Crippen molar-refractivity contribution in [3.8, 4) is 0 Å². The van der Waals surface area contributed by atoms with Crippen LogP contribution in [-0.2, 0) is 14.8 Å². The van der Waals surface area contributed by atoms with Crippen LogP contribution in [0.5, 0.6) is 0 Å². The number of benzene rings is 2. The maximum Gasteiger partial charge on any atom is 0.356 e. The Hall–Kier alpha value is -2.80. The SMILES string of the molecule is COC(=O)c1[nH]c2ccccc2c1NS(=O)(=O)c1ccc(C)c(C)c1. The summed E-state index contributed by atoms with van der Waals surface area (Å²) in [7, 11) is -2.61. The molecule has 0 aliphatic carbocycles. The Morgan fingerprint density at radius 2 is 1.80 bits per heavy atom. The van der Waals surface area contributed by atoms with E-state index in [0.717, 1.165) is 11.1 Å². The van der Waals surface area contributed by atoms with Crippen LogP contribution in [0.4, 0.5) is 5.69 Å². The van der Waals surface area contributed by atoms with Gasteiger partial charge in [-0.05, 0) is 43.2 Å². The van der Waals surface area contributed by atoms with Gasteiger partial charge in [0, 0.05) is 10.9 Å². The van der Waals surface area contributed by atoms with Crippen LogP contribution in [-0.4, -0.2) is 26.5 Å². The second-order valence-electron chi connectivity index (χ2n) is 5.76. The molecule has 0 atom stereocenters. The average molecular weight is 358 g/mol. The van der Waals surface area contributed by atoms with Crippen molar-refractivity contribution in [1.82, 2.24) is 4.98 Å². The van der Waals surface area contributed by atoms with E-state index in [0.29, 0.717) is 10.9 Å². The van der Waals surface area contributed by atoms with E-state index < -0.39 is 16.0 Å². The van der Waals surface area contributed by atoms with E-state index in [-0.39, 0.29) is 16.3 Å². The zero-order valence-electron chi connectivity index (χ0n) is 14.1. The summed E-state index contributed by atoms with van der Waals surface area (Å²) in [6.07, 6.45) is 0. The number of hydrogen-bond donors (Lipinski definition) is 2. The fraction of sp³-hybridized carbons (Fsp3) is 0.167. The normalized spacial score (nSPS) is 11.5. The summed E-state index contributed by atoms with van der Waals surface area (Å²) in [5.74, 6) is -0.644. The third kappa shape index (κ3) is 3.10. The van der Waals surface area contributed by atoms with Crippen molar-refractivity contribution >= 4 is 32.6 Å². The van der Waals surface area contributed by atoms with Gasteiger partial charge in [-0.3, -0.25) is 4.72 Å². The fourth-order valence-electron chi connectivity index (χ4n) is 2.58. The molecule has 0 fully saturated rings. The maximum atomic E-state index is 12.8. The molecule has 0 spiro atoms. The van der Waals surface area contributed by atoms with Crippen LogP contribution in [0.1, 0.15) is 21.6 Å². The molecule has 0 aliphatic rings. The van der Waals surface area contributed by atoms with E-state index in [1.165, 1.54) is 13.2 Å². The Balaban J connectivity index is 2.13. The number of aromatic nitrogens is 1. The number of methoxy groups -OCH3 is 1. The predicted octanol–water partition coefficient (Wildman–Crippen LogP) is 3.37. The van der Waals surface area contributed by atoms with Crippen LogP contribution in [0.25, 0.3) is 10.9 Å². The molecule has 0 saturated heterocycles. The summed E-state index contributed by atoms with van der Waals surface area (Å²) >= 11 is 0. The lowest BCUT2D eigenvalue weighted by Crippen LogP contribution is -2.16. The minimum atomic E-state index is -3.86. The van der Waals surface area contributed by atoms with E-state index >= 15 is 0 Å². The van der Waals surface area contributed by atoms with Gasteiger partial charge in [0.2, 0.25) is 0 Å². The largest absolute Gasteiger partial charge is 0.464 e. The summed E-state index contributed by atoms with van der Waals surface area (Å²) in [6.45, 7) is 3.76. The molecule has 2 aromatic carbocycles. The highest BCUT2D eigenvalue weighted by Crippen LogP contribution is 2.30. The average Bonchev–Trinajstić information content (AvgIpc) is 2.94. The van der Waals surface area contributed by atoms with Crippen LogP contribution in [0.3, 0.4) is 0 Å². The van der Waals surface area contributed by atoms with Gasteiger partial charge in [-0.15, -0.1) is 0 Å². The molecule has 0 radical (unpaired) electrons. The number of hydrogen-bond acceptors (Lipinski definition) is 4. The van der Waals surface area contributed by atoms with Gasteiger partial charge in [-0.25, -0.2) is 13.2 Å². The zero-order chi connectivity index (χ0) is 18.2. The van der Waals surface area contributed by atoms with Crippen molar-refractivity contribution in [3.63, 3.8) is 0 Å². The Morgan fingerprint density at radius 1 is 1.08 bits per heavy atom. The molecule has 6 nitrogen and oxygen atoms in total. The van der Waals surface area contributed by atoms with Crippen LogP contribution < -0.4 is 4.72 Å². The van der Waals surface area contributed by atoms with Gasteiger partial charge in [0.05, 0.1) is 17.7 Å². The topological polar surface area (TPSA) is 88.3 Å². The number of carbonyl (C=O) groups excluding carboxylic acids is 1. The van der Waals surface area contributed by atoms with Crippen LogP contribution >= 0.6 is 0 Å². The summed E-state index contributed by atoms with van der Waals surface area (Å²) in [4.78, 5) is 15.1. The molecule has 0 aliphatic heterocycles. The van der Waals surface area contributed by atoms with Gasteiger partial charge >= 0.3 is 5.97 Å². The zero-order valence-corrected chi connectivity index (χ0v) is 14.9. The number of aryl methyl sites for hydroxylation is 2. The number of anilines is 1. The lowest BCUT2D eigenvalue weighted by atomic mass is 10.1. The van der Waals surface area contributed by atoms with E-state index in [4.69, 9.17) is 4.74 Å². The Morgan fingerprint density at radius 3 is 2.48 bits per heavy atom. The Bertz CT molecular complexity index is 1070. The molecule has 130 valence electrons. The minimum Gasteiger partial charge on any atom is -0.464 e. The molecule has 25 heavy (non-hydrogen) atoms. The molecular weight excluding hydrogens is 340 g/mol. The monoisotopic (exact) mass is 358 g/mol. The van der Waals surface area contributed by atoms with Crippen molar-refractivity contribution in [3.05, 3.63) is 59.3 Å². The number of aromatic amines is 1. The first kappa shape index (κ1) is 17.0. The number of fused-ring (bicyclic) bond motifs is 1. The van der Waals surface area contributed by atoms with Crippen LogP contribution in [0.2, 0.25) is 0 Å². The number of ether oxygens (including phenoxy) is 1. The van der Waals surface area contributed by atoms with Crippen molar-refractivity contribution in [2.45, 2.75) is 18.7 Å². The first-order chi connectivity index (χ1) is 11.8. The summed E-state index contributed by atoms with van der Waals surface area (Å²) in [6, 6.07) is 11.9. The Kier molecular flexibility index (Phi) is 4.26. The van der Waals surface area contributed by atoms with E-state index in [1.807, 2.05) is 13.8 Å². The lowest BCUT2D eigenvalue weighted by molar-refractivity contribution is 0.0596. The molecule has 0 saturated carbocycles. The Labute approximate surface area is 145 Å². The molecule has 1 aromatic heterocycles. The third-order valence-corrected chi connectivity index (χ3v) is 5.47. The van der Waals surface area contributed by atoms with Crippen LogP contribution in [0, 0.1) is 13.8 Å². The van der Waals surface area contributed by atoms with Gasteiger partial charge in [0.1, 0.15) is 0 Å². The van der Waals surface area contributed by atoms with E-state index in [1.54, 1.807) is 36.4 Å². The van der Waals surface area contributed by atoms with Gasteiger partial charge in [-0.1, -0.05) is 24.3 Å². The van der Waals surface area contributed by atoms with Gasteiger partial charge in [0.15, 0.2) is 5.69 Å². The second-order valence-corrected chi connectivity index (χ2v) is 7.45. The second kappa shape index (κ2) is 6.25. The van der Waals surface area contributed by atoms with Crippen molar-refractivity contribution in [2.75, 3.05) is 11.8 Å². The first-order valence-electron chi connectivity index (χ1n) is 7.62. The number of esters is 1. The molecule has 0 unspecified atom stereocenters. The minimum absolute atomic E-state index is 0.0658. The smallest absolute Gasteiger partial charge is 0.356 e. The quantitative estimate of drug-likeness (QED) is 0.700. The van der Waals surface area contributed by atoms with E-state index in [9.17, 15) is 13.2 Å². The highest BCUT2D eigenvalue weighted by atomic mass is 32.2. The molecule has 7 heteroatoms. The maximum absolute atomic E-state index is 12.8. The van der Waals surface area contributed by atoms with Crippen molar-refractivity contribution < 1.29 is 17.9 Å². The summed E-state index contributed by atoms with van der Waals surface area (Å²) in [5.41, 5.74) is 2.76. The highest BCUT2D eigenvalue weighted by molar-refractivity contribution is 7.92. The van der Waals surface area contributed by atoms with Crippen molar-refractivity contribution in [2.24, 2.45) is 0 Å². The number of nitrogens with one attached hydrogen (secondary N) is 2. The van der Waals surface area contributed by atoms with Gasteiger partial charge in [-0.2, -0.15) is 0 Å². The number of rotatable bonds is 4. The molecular formula is C18H18N2O4S. The molecule has 3 aromatic rings. The molecule has 0 bridgehead atoms. The summed E-state index contributed by atoms with van der Waals surface area (Å²) in [5, 5.41) is 0.593. The first-order valence-corrected chi connectivity index (χ1v) is 9.11. The van der Waals surface area contributed by atoms with Crippen molar-refractivity contribution in [1.29, 1.82) is 0 Å². The predicted molar refractivity (Wildman–Crippen MR) is 96.4 cm³/mol. The lowest BCUT2D eigenvalue weighted by Gasteiger charge is -2.10. The van der Waals surface area contributed by atoms with E-state index in [2.05, 4.69) is 9.71 Å². The number of carbonyl (C=O) groups is 1. The third-order valence-electron chi connectivity index (χ3n) is 4.12. The summed E-state index contributed by atoms with van der Waals surface area (Å²) < 4.78 is 32.9. The fourth-order valence-corrected chi connectivity index (χ4v) is 3.76. The highest BCUT2D eigenvalue weighted by Gasteiger charge is 2.23. The number of para-hydroxylation sites is 1. The number of sulfonamides is 1. The van der Waals surface area contributed by atoms with Crippen LogP contribution in [0.15, 0.2) is 47.4 Å². The standard InChI is InChI=1S/C18H18N2O4S/c1-11-8-9-13(10-12(11)2)25(22,23)20-16-14-6-4-5-7-15(14)19-17(16)18(21)24-3/h4-10,19-20H,1-3H3. The molecule has 0 amide bonds. The number of H-pyrrole nitrogens is 1. The molecule has 3 rings (SSSR count). The van der Waals surface area contributed by atoms with Gasteiger partial charge in [0.25, 0.3) is 10.0 Å².